The SMILES string of the molecule is CCOC(=O)[C@@H]1C(=O)Oc2ccc(Br)cc2[C@H]1[C@H](CC)C(=O)c1ccccc1. The van der Waals surface area contributed by atoms with Gasteiger partial charge in [-0.2, -0.15) is 0 Å². The van der Waals surface area contributed by atoms with Gasteiger partial charge in [-0.05, 0) is 31.5 Å². The molecule has 0 N–H and O–H groups in total. The molecule has 5 nitrogen and oxygen atoms in total. The maximum Gasteiger partial charge on any atom is 0.326 e. The van der Waals surface area contributed by atoms with E-state index in [-0.39, 0.29) is 12.4 Å². The van der Waals surface area contributed by atoms with E-state index in [9.17, 15) is 14.4 Å². The number of fused-ring (bicyclic) bond motifs is 1. The highest BCUT2D eigenvalue weighted by molar-refractivity contribution is 9.10. The average Bonchev–Trinajstić information content (AvgIpc) is 2.69. The fourth-order valence-electron chi connectivity index (χ4n) is 3.71. The molecule has 0 amide bonds. The van der Waals surface area contributed by atoms with E-state index in [0.717, 1.165) is 4.47 Å². The van der Waals surface area contributed by atoms with Gasteiger partial charge in [0.1, 0.15) is 5.75 Å². The van der Waals surface area contributed by atoms with Crippen molar-refractivity contribution in [3.05, 3.63) is 64.1 Å². The molecule has 1 aliphatic heterocycles. The van der Waals surface area contributed by atoms with E-state index < -0.39 is 29.7 Å². The van der Waals surface area contributed by atoms with Crippen molar-refractivity contribution in [2.45, 2.75) is 26.2 Å². The summed E-state index contributed by atoms with van der Waals surface area (Å²) in [6.07, 6.45) is 0.466. The summed E-state index contributed by atoms with van der Waals surface area (Å²) in [5.41, 5.74) is 1.20. The van der Waals surface area contributed by atoms with Crippen LogP contribution >= 0.6 is 15.9 Å². The first kappa shape index (κ1) is 20.3. The van der Waals surface area contributed by atoms with Gasteiger partial charge in [0, 0.05) is 27.4 Å². The van der Waals surface area contributed by atoms with E-state index in [2.05, 4.69) is 15.9 Å². The Labute approximate surface area is 172 Å². The van der Waals surface area contributed by atoms with Crippen LogP contribution in [0.4, 0.5) is 0 Å². The smallest absolute Gasteiger partial charge is 0.326 e. The summed E-state index contributed by atoms with van der Waals surface area (Å²) in [4.78, 5) is 38.6. The van der Waals surface area contributed by atoms with Crippen LogP contribution in [0.15, 0.2) is 53.0 Å². The minimum absolute atomic E-state index is 0.108. The number of ether oxygens (including phenoxy) is 2. The molecule has 0 aliphatic carbocycles. The van der Waals surface area contributed by atoms with Crippen LogP contribution in [-0.2, 0) is 14.3 Å². The fraction of sp³-hybridized carbons (Fsp3) is 0.318. The number of Topliss-reactive ketones (excluding diaryl/α,β-unsaturated/α-hetero) is 1. The molecule has 28 heavy (non-hydrogen) atoms. The van der Waals surface area contributed by atoms with Gasteiger partial charge in [0.25, 0.3) is 0 Å². The quantitative estimate of drug-likeness (QED) is 0.283. The summed E-state index contributed by atoms with van der Waals surface area (Å²) in [7, 11) is 0. The van der Waals surface area contributed by atoms with Crippen LogP contribution in [0.25, 0.3) is 0 Å². The molecule has 0 saturated heterocycles. The van der Waals surface area contributed by atoms with Crippen molar-refractivity contribution in [2.75, 3.05) is 6.61 Å². The molecule has 0 spiro atoms. The first-order valence-electron chi connectivity index (χ1n) is 9.24. The van der Waals surface area contributed by atoms with E-state index in [0.29, 0.717) is 23.3 Å². The highest BCUT2D eigenvalue weighted by Crippen LogP contribution is 2.45. The number of esters is 2. The molecule has 146 valence electrons. The monoisotopic (exact) mass is 444 g/mol. The van der Waals surface area contributed by atoms with Crippen LogP contribution in [0.2, 0.25) is 0 Å². The van der Waals surface area contributed by atoms with Crippen molar-refractivity contribution in [1.82, 2.24) is 0 Å². The number of benzene rings is 2. The van der Waals surface area contributed by atoms with Gasteiger partial charge in [-0.15, -0.1) is 0 Å². The Morgan fingerprint density at radius 3 is 2.50 bits per heavy atom. The Kier molecular flexibility index (Phi) is 6.29. The van der Waals surface area contributed by atoms with Gasteiger partial charge in [-0.1, -0.05) is 53.2 Å². The van der Waals surface area contributed by atoms with Crippen LogP contribution in [0.3, 0.4) is 0 Å². The molecule has 0 aromatic heterocycles. The maximum atomic E-state index is 13.3. The fourth-order valence-corrected chi connectivity index (χ4v) is 4.09. The van der Waals surface area contributed by atoms with Crippen LogP contribution in [0.1, 0.15) is 42.1 Å². The van der Waals surface area contributed by atoms with E-state index in [1.54, 1.807) is 49.4 Å². The highest BCUT2D eigenvalue weighted by atomic mass is 79.9. The second-order valence-corrected chi connectivity index (χ2v) is 7.52. The van der Waals surface area contributed by atoms with Gasteiger partial charge in [0.15, 0.2) is 11.7 Å². The molecule has 0 unspecified atom stereocenters. The molecule has 0 bridgehead atoms. The first-order valence-corrected chi connectivity index (χ1v) is 10.0. The lowest BCUT2D eigenvalue weighted by molar-refractivity contribution is -0.160. The number of hydrogen-bond acceptors (Lipinski definition) is 5. The Balaban J connectivity index is 2.13. The molecule has 1 aliphatic rings. The van der Waals surface area contributed by atoms with E-state index in [1.165, 1.54) is 0 Å². The number of ketones is 1. The number of carbonyl (C=O) groups excluding carboxylic acids is 3. The molecule has 1 heterocycles. The van der Waals surface area contributed by atoms with Gasteiger partial charge in [-0.3, -0.25) is 14.4 Å². The van der Waals surface area contributed by atoms with Gasteiger partial charge >= 0.3 is 11.9 Å². The van der Waals surface area contributed by atoms with Crippen molar-refractivity contribution in [3.8, 4) is 5.75 Å². The summed E-state index contributed by atoms with van der Waals surface area (Å²) in [5, 5.41) is 0. The third-order valence-corrected chi connectivity index (χ3v) is 5.46. The van der Waals surface area contributed by atoms with Crippen LogP contribution < -0.4 is 4.74 Å². The maximum absolute atomic E-state index is 13.3. The zero-order chi connectivity index (χ0) is 20.3. The zero-order valence-electron chi connectivity index (χ0n) is 15.7. The van der Waals surface area contributed by atoms with Crippen molar-refractivity contribution in [3.63, 3.8) is 0 Å². The number of hydrogen-bond donors (Lipinski definition) is 0. The summed E-state index contributed by atoms with van der Waals surface area (Å²) >= 11 is 3.43. The van der Waals surface area contributed by atoms with Crippen molar-refractivity contribution in [1.29, 1.82) is 0 Å². The predicted octanol–water partition coefficient (Wildman–Crippen LogP) is 4.54. The molecular weight excluding hydrogens is 424 g/mol. The first-order chi connectivity index (χ1) is 13.5. The average molecular weight is 445 g/mol. The largest absolute Gasteiger partial charge is 0.465 e. The molecule has 3 rings (SSSR count). The van der Waals surface area contributed by atoms with E-state index in [1.807, 2.05) is 13.0 Å². The Bertz CT molecular complexity index is 893. The number of halogens is 1. The summed E-state index contributed by atoms with van der Waals surface area (Å²) in [5.74, 6) is -3.50. The standard InChI is InChI=1S/C22H21BrO5/c1-3-15(20(24)13-8-6-5-7-9-13)18-16-12-14(23)10-11-17(16)28-22(26)19(18)21(25)27-4-2/h5-12,15,18-19H,3-4H2,1-2H3/t15-,18+,19+/m0/s1. The Morgan fingerprint density at radius 1 is 1.14 bits per heavy atom. The Hall–Kier alpha value is -2.47. The lowest BCUT2D eigenvalue weighted by Crippen LogP contribution is -2.43. The topological polar surface area (TPSA) is 69.7 Å². The summed E-state index contributed by atoms with van der Waals surface area (Å²) in [6.45, 7) is 3.70. The molecular formula is C22H21BrO5. The second kappa shape index (κ2) is 8.69. The number of rotatable bonds is 6. The normalized spacial score (nSPS) is 19.3. The Morgan fingerprint density at radius 2 is 1.86 bits per heavy atom. The zero-order valence-corrected chi connectivity index (χ0v) is 17.3. The van der Waals surface area contributed by atoms with Crippen molar-refractivity contribution in [2.24, 2.45) is 11.8 Å². The number of carbonyl (C=O) groups is 3. The van der Waals surface area contributed by atoms with Crippen LogP contribution in [0.5, 0.6) is 5.75 Å². The predicted molar refractivity (Wildman–Crippen MR) is 107 cm³/mol. The molecule has 0 radical (unpaired) electrons. The van der Waals surface area contributed by atoms with Gasteiger partial charge < -0.3 is 9.47 Å². The second-order valence-electron chi connectivity index (χ2n) is 6.60. The van der Waals surface area contributed by atoms with Crippen LogP contribution in [0, 0.1) is 11.8 Å². The third kappa shape index (κ3) is 3.87. The van der Waals surface area contributed by atoms with Crippen LogP contribution in [-0.4, -0.2) is 24.3 Å². The molecule has 2 aromatic rings. The minimum Gasteiger partial charge on any atom is -0.465 e. The molecule has 2 aromatic carbocycles. The lowest BCUT2D eigenvalue weighted by atomic mass is 9.71. The van der Waals surface area contributed by atoms with E-state index >= 15 is 0 Å². The minimum atomic E-state index is -1.18. The summed E-state index contributed by atoms with van der Waals surface area (Å²) < 4.78 is 11.3. The van der Waals surface area contributed by atoms with E-state index in [4.69, 9.17) is 9.47 Å². The molecule has 0 fully saturated rings. The molecule has 0 saturated carbocycles. The van der Waals surface area contributed by atoms with Gasteiger partial charge in [0.2, 0.25) is 0 Å². The van der Waals surface area contributed by atoms with Crippen molar-refractivity contribution < 1.29 is 23.9 Å². The molecule has 3 atom stereocenters. The van der Waals surface area contributed by atoms with Crippen molar-refractivity contribution >= 4 is 33.7 Å². The highest BCUT2D eigenvalue weighted by Gasteiger charge is 2.48. The van der Waals surface area contributed by atoms with Gasteiger partial charge in [-0.25, -0.2) is 0 Å². The molecule has 6 heteroatoms. The summed E-state index contributed by atoms with van der Waals surface area (Å²) in [6, 6.07) is 14.1. The lowest BCUT2D eigenvalue weighted by Gasteiger charge is -2.35. The third-order valence-electron chi connectivity index (χ3n) is 4.96. The van der Waals surface area contributed by atoms with Gasteiger partial charge in [0.05, 0.1) is 6.61 Å².